The minimum Gasteiger partial charge on any atom is -0.488 e. The van der Waals surface area contributed by atoms with E-state index in [0.717, 1.165) is 43.8 Å². The van der Waals surface area contributed by atoms with Gasteiger partial charge < -0.3 is 20.7 Å². The molecule has 1 aliphatic carbocycles. The van der Waals surface area contributed by atoms with Gasteiger partial charge in [0.15, 0.2) is 15.7 Å². The van der Waals surface area contributed by atoms with Gasteiger partial charge in [-0.25, -0.2) is 13.4 Å². The van der Waals surface area contributed by atoms with Crippen LogP contribution in [0, 0.1) is 18.8 Å². The van der Waals surface area contributed by atoms with E-state index in [1.165, 1.54) is 22.0 Å². The van der Waals surface area contributed by atoms with E-state index < -0.39 is 9.84 Å². The van der Waals surface area contributed by atoms with E-state index >= 15 is 0 Å². The molecule has 0 amide bonds. The number of piperidine rings is 1. The van der Waals surface area contributed by atoms with Crippen molar-refractivity contribution in [3.8, 4) is 5.75 Å². The predicted molar refractivity (Wildman–Crippen MR) is 158 cm³/mol. The van der Waals surface area contributed by atoms with Crippen LogP contribution >= 0.6 is 11.6 Å². The maximum absolute atomic E-state index is 13.0. The molecule has 3 heterocycles. The number of aryl methyl sites for hydroxylation is 2. The first-order chi connectivity index (χ1) is 19.0. The van der Waals surface area contributed by atoms with E-state index in [4.69, 9.17) is 16.3 Å². The Balaban J connectivity index is 1.44. The second kappa shape index (κ2) is 11.5. The first-order valence-electron chi connectivity index (χ1n) is 13.8. The lowest BCUT2D eigenvalue weighted by molar-refractivity contribution is 0.302. The van der Waals surface area contributed by atoms with Gasteiger partial charge in [0.25, 0.3) is 0 Å². The van der Waals surface area contributed by atoms with Gasteiger partial charge in [-0.05, 0) is 80.3 Å². The zero-order valence-corrected chi connectivity index (χ0v) is 25.2. The molecule has 12 heteroatoms. The molecule has 2 aliphatic rings. The van der Waals surface area contributed by atoms with Crippen LogP contribution in [-0.4, -0.2) is 53.1 Å². The van der Waals surface area contributed by atoms with E-state index in [1.807, 2.05) is 13.8 Å². The van der Waals surface area contributed by atoms with Crippen LogP contribution in [0.15, 0.2) is 29.6 Å². The summed E-state index contributed by atoms with van der Waals surface area (Å²) in [5, 5.41) is 14.3. The number of rotatable bonds is 10. The Labute approximate surface area is 241 Å². The Morgan fingerprint density at radius 1 is 1.20 bits per heavy atom. The summed E-state index contributed by atoms with van der Waals surface area (Å²) in [5.41, 5.74) is 3.60. The zero-order chi connectivity index (χ0) is 28.6. The van der Waals surface area contributed by atoms with Crippen molar-refractivity contribution in [1.29, 1.82) is 0 Å². The minimum atomic E-state index is -3.61. The molecule has 1 saturated heterocycles. The molecule has 1 aliphatic heterocycles. The summed E-state index contributed by atoms with van der Waals surface area (Å²) < 4.78 is 33.7. The fourth-order valence-corrected chi connectivity index (χ4v) is 7.07. The number of sulfone groups is 1. The summed E-state index contributed by atoms with van der Waals surface area (Å²) in [6.45, 7) is 10.2. The van der Waals surface area contributed by atoms with Crippen molar-refractivity contribution in [3.05, 3.63) is 40.7 Å². The fraction of sp³-hybridized carbons (Fsp3) is 0.536. The van der Waals surface area contributed by atoms with E-state index in [0.29, 0.717) is 23.5 Å². The lowest BCUT2D eigenvalue weighted by atomic mass is 9.80. The van der Waals surface area contributed by atoms with Gasteiger partial charge >= 0.3 is 0 Å². The van der Waals surface area contributed by atoms with Crippen molar-refractivity contribution in [2.75, 3.05) is 29.5 Å². The summed E-state index contributed by atoms with van der Waals surface area (Å²) >= 11 is 6.44. The third-order valence-corrected chi connectivity index (χ3v) is 9.53. The molecule has 1 saturated carbocycles. The van der Waals surface area contributed by atoms with Gasteiger partial charge in [-0.1, -0.05) is 32.4 Å². The Morgan fingerprint density at radius 2 is 1.98 bits per heavy atom. The Hall–Kier alpha value is -2.89. The fourth-order valence-electron chi connectivity index (χ4n) is 5.20. The standard InChI is InChI=1S/C28H38ClN7O3S/c1-16(2)15-40(37,38)27-24(14-36(5)35-27)32-26-22(29)13-31-28(34-26)33-23-10-17(3)21(11-25(23)39-19-6-7-19)20-8-9-30-12-18(20)4/h10-11,13-14,16,18-20,30H,6-9,12,15H2,1-5H3,(H2,31,32,33,34). The molecule has 40 heavy (non-hydrogen) atoms. The second-order valence-electron chi connectivity index (χ2n) is 11.4. The van der Waals surface area contributed by atoms with Crippen molar-refractivity contribution in [1.82, 2.24) is 25.1 Å². The molecule has 3 N–H and O–H groups in total. The van der Waals surface area contributed by atoms with Crippen LogP contribution in [0.25, 0.3) is 0 Å². The number of anilines is 4. The molecular formula is C28H38ClN7O3S. The summed E-state index contributed by atoms with van der Waals surface area (Å²) in [4.78, 5) is 8.97. The van der Waals surface area contributed by atoms with Crippen molar-refractivity contribution >= 4 is 44.6 Å². The van der Waals surface area contributed by atoms with Crippen LogP contribution < -0.4 is 20.7 Å². The van der Waals surface area contributed by atoms with Crippen LogP contribution in [0.3, 0.4) is 0 Å². The minimum absolute atomic E-state index is 0.0156. The molecule has 0 radical (unpaired) electrons. The zero-order valence-electron chi connectivity index (χ0n) is 23.7. The molecule has 10 nitrogen and oxygen atoms in total. The van der Waals surface area contributed by atoms with Gasteiger partial charge in [-0.15, -0.1) is 0 Å². The molecule has 2 fully saturated rings. The molecule has 2 unspecified atom stereocenters. The molecule has 1 aromatic carbocycles. The first kappa shape index (κ1) is 28.6. The van der Waals surface area contributed by atoms with Crippen molar-refractivity contribution in [3.63, 3.8) is 0 Å². The van der Waals surface area contributed by atoms with Gasteiger partial charge in [-0.2, -0.15) is 10.1 Å². The van der Waals surface area contributed by atoms with Gasteiger partial charge in [0.1, 0.15) is 10.8 Å². The highest BCUT2D eigenvalue weighted by Crippen LogP contribution is 2.41. The number of hydrogen-bond acceptors (Lipinski definition) is 9. The van der Waals surface area contributed by atoms with E-state index in [1.54, 1.807) is 13.2 Å². The molecular weight excluding hydrogens is 550 g/mol. The van der Waals surface area contributed by atoms with Crippen LogP contribution in [0.4, 0.5) is 23.1 Å². The topological polar surface area (TPSA) is 123 Å². The van der Waals surface area contributed by atoms with Crippen molar-refractivity contribution in [2.24, 2.45) is 18.9 Å². The highest BCUT2D eigenvalue weighted by molar-refractivity contribution is 7.91. The smallest absolute Gasteiger partial charge is 0.229 e. The predicted octanol–water partition coefficient (Wildman–Crippen LogP) is 5.34. The third-order valence-electron chi connectivity index (χ3n) is 7.26. The number of halogens is 1. The van der Waals surface area contributed by atoms with Crippen LogP contribution in [-0.2, 0) is 16.9 Å². The molecule has 2 atom stereocenters. The number of nitrogens with one attached hydrogen (secondary N) is 3. The van der Waals surface area contributed by atoms with Gasteiger partial charge in [0.05, 0.1) is 29.4 Å². The summed E-state index contributed by atoms with van der Waals surface area (Å²) in [5.74, 6) is 2.32. The van der Waals surface area contributed by atoms with Gasteiger partial charge in [0, 0.05) is 13.2 Å². The first-order valence-corrected chi connectivity index (χ1v) is 15.9. The van der Waals surface area contributed by atoms with Crippen LogP contribution in [0.2, 0.25) is 5.02 Å². The van der Waals surface area contributed by atoms with Crippen LogP contribution in [0.5, 0.6) is 5.75 Å². The number of nitrogens with zero attached hydrogens (tertiary/aromatic N) is 4. The SMILES string of the molecule is Cc1cc(Nc2ncc(Cl)c(Nc3cn(C)nc3S(=O)(=O)CC(C)C)n2)c(OC2CC2)cc1C1CCNCC1C. The largest absolute Gasteiger partial charge is 0.488 e. The number of hydrogen-bond donors (Lipinski definition) is 3. The highest BCUT2D eigenvalue weighted by Gasteiger charge is 2.29. The monoisotopic (exact) mass is 587 g/mol. The summed E-state index contributed by atoms with van der Waals surface area (Å²) in [6.07, 6.45) is 6.50. The maximum atomic E-state index is 13.0. The molecule has 3 aromatic rings. The highest BCUT2D eigenvalue weighted by atomic mass is 35.5. The van der Waals surface area contributed by atoms with Crippen molar-refractivity contribution < 1.29 is 13.2 Å². The second-order valence-corrected chi connectivity index (χ2v) is 13.8. The average Bonchev–Trinajstić information content (AvgIpc) is 3.61. The summed E-state index contributed by atoms with van der Waals surface area (Å²) in [6, 6.07) is 4.28. The number of ether oxygens (including phenoxy) is 1. The van der Waals surface area contributed by atoms with E-state index in [9.17, 15) is 8.42 Å². The lowest BCUT2D eigenvalue weighted by Gasteiger charge is -2.31. The molecule has 2 aromatic heterocycles. The van der Waals surface area contributed by atoms with E-state index in [-0.39, 0.29) is 33.6 Å². The number of benzene rings is 1. The number of aromatic nitrogens is 4. The molecule has 5 rings (SSSR count). The quantitative estimate of drug-likeness (QED) is 0.288. The van der Waals surface area contributed by atoms with Gasteiger partial charge in [-0.3, -0.25) is 4.68 Å². The van der Waals surface area contributed by atoms with Gasteiger partial charge in [0.2, 0.25) is 11.0 Å². The Morgan fingerprint density at radius 3 is 2.67 bits per heavy atom. The average molecular weight is 588 g/mol. The van der Waals surface area contributed by atoms with E-state index in [2.05, 4.69) is 57.0 Å². The Bertz CT molecular complexity index is 1490. The normalized spacial score (nSPS) is 19.6. The lowest BCUT2D eigenvalue weighted by Crippen LogP contribution is -2.34. The molecule has 0 spiro atoms. The van der Waals surface area contributed by atoms with Crippen LogP contribution in [0.1, 0.15) is 57.1 Å². The molecule has 216 valence electrons. The third kappa shape index (κ3) is 6.53. The Kier molecular flexibility index (Phi) is 8.26. The molecule has 0 bridgehead atoms. The van der Waals surface area contributed by atoms with Crippen molar-refractivity contribution in [2.45, 2.75) is 64.0 Å². The summed E-state index contributed by atoms with van der Waals surface area (Å²) in [7, 11) is -1.94. The maximum Gasteiger partial charge on any atom is 0.229 e.